The molecule has 0 atom stereocenters. The normalized spacial score (nSPS) is 10.8. The summed E-state index contributed by atoms with van der Waals surface area (Å²) in [5.74, 6) is 0. The van der Waals surface area contributed by atoms with Gasteiger partial charge in [0.25, 0.3) is 0 Å². The van der Waals surface area contributed by atoms with Gasteiger partial charge in [0.05, 0.1) is 11.0 Å². The highest BCUT2D eigenvalue weighted by Crippen LogP contribution is 2.45. The van der Waals surface area contributed by atoms with Crippen LogP contribution >= 0.6 is 0 Å². The fraction of sp³-hybridized carbons (Fsp3) is 0.0909. The highest BCUT2D eigenvalue weighted by Gasteiger charge is 2.20. The number of rotatable bonds is 7. The lowest BCUT2D eigenvalue weighted by atomic mass is 9.85. The standard InChI is InChI=1S/C57H40N2.C4H8.C3H6.C2H6/c1-39-17-8-14-29-53(39)58(44-22-6-3-7-23-44)46-35-36-55-52(38-46)47-24-13-15-30-54(47)59(55)45-33-31-41(32-34-45)56-48-25-9-11-27-50(48)57(51-28-12-10-26-49(51)56)43-21-16-20-42(37-43)40-18-4-2-5-19-40;1-3-4-2;1-3-2;1-2/h2-38H,1H3;3-4H,1-2H3;3H,1H2,2H3;1-2H3/b;4-3+;;. The van der Waals surface area contributed by atoms with Crippen LogP contribution in [0.1, 0.15) is 40.2 Å². The molecule has 0 saturated heterocycles. The van der Waals surface area contributed by atoms with Crippen LogP contribution in [0.5, 0.6) is 0 Å². The quantitative estimate of drug-likeness (QED) is 0.114. The Bertz CT molecular complexity index is 3410. The van der Waals surface area contributed by atoms with E-state index in [1.165, 1.54) is 88.0 Å². The fourth-order valence-electron chi connectivity index (χ4n) is 9.21. The molecule has 11 aromatic rings. The van der Waals surface area contributed by atoms with Gasteiger partial charge in [-0.2, -0.15) is 0 Å². The summed E-state index contributed by atoms with van der Waals surface area (Å²) in [5.41, 5.74) is 15.6. The first-order valence-corrected chi connectivity index (χ1v) is 23.8. The summed E-state index contributed by atoms with van der Waals surface area (Å²) >= 11 is 0. The Morgan fingerprint density at radius 2 is 0.853 bits per heavy atom. The molecule has 2 heteroatoms. The monoisotopic (exact) mass is 880 g/mol. The molecule has 10 aromatic carbocycles. The number of fused-ring (bicyclic) bond motifs is 5. The van der Waals surface area contributed by atoms with E-state index in [4.69, 9.17) is 0 Å². The zero-order chi connectivity index (χ0) is 47.4. The van der Waals surface area contributed by atoms with Crippen LogP contribution in [0.2, 0.25) is 0 Å². The molecule has 0 unspecified atom stereocenters. The van der Waals surface area contributed by atoms with Crippen LogP contribution in [0.15, 0.2) is 249 Å². The van der Waals surface area contributed by atoms with Crippen molar-refractivity contribution in [2.75, 3.05) is 4.90 Å². The van der Waals surface area contributed by atoms with Crippen LogP contribution in [-0.4, -0.2) is 4.57 Å². The van der Waals surface area contributed by atoms with Gasteiger partial charge in [-0.25, -0.2) is 0 Å². The van der Waals surface area contributed by atoms with Crippen LogP contribution in [-0.2, 0) is 0 Å². The Hall–Kier alpha value is -8.20. The first-order valence-electron chi connectivity index (χ1n) is 23.8. The van der Waals surface area contributed by atoms with Crippen LogP contribution in [0.4, 0.5) is 17.1 Å². The van der Waals surface area contributed by atoms with Crippen molar-refractivity contribution in [1.82, 2.24) is 4.57 Å². The molecule has 1 heterocycles. The zero-order valence-electron chi connectivity index (χ0n) is 40.2. The number of anilines is 3. The van der Waals surface area contributed by atoms with Crippen LogP contribution in [0.3, 0.4) is 0 Å². The third-order valence-corrected chi connectivity index (χ3v) is 12.2. The van der Waals surface area contributed by atoms with Gasteiger partial charge in [0.2, 0.25) is 0 Å². The van der Waals surface area contributed by atoms with Gasteiger partial charge in [0, 0.05) is 33.5 Å². The van der Waals surface area contributed by atoms with E-state index in [1.54, 1.807) is 6.08 Å². The summed E-state index contributed by atoms with van der Waals surface area (Å²) in [6.07, 6.45) is 5.75. The minimum absolute atomic E-state index is 1.13. The third kappa shape index (κ3) is 9.27. The van der Waals surface area contributed by atoms with E-state index in [0.717, 1.165) is 17.1 Å². The molecule has 68 heavy (non-hydrogen) atoms. The fourth-order valence-corrected chi connectivity index (χ4v) is 9.21. The van der Waals surface area contributed by atoms with Gasteiger partial charge < -0.3 is 9.47 Å². The van der Waals surface area contributed by atoms with Gasteiger partial charge in [-0.1, -0.05) is 196 Å². The van der Waals surface area contributed by atoms with Gasteiger partial charge in [-0.15, -0.1) is 6.58 Å². The molecule has 0 amide bonds. The summed E-state index contributed by atoms with van der Waals surface area (Å²) in [6, 6.07) is 81.7. The van der Waals surface area contributed by atoms with Crippen molar-refractivity contribution in [2.45, 2.75) is 41.5 Å². The molecule has 0 saturated carbocycles. The van der Waals surface area contributed by atoms with E-state index in [1.807, 2.05) is 46.8 Å². The summed E-state index contributed by atoms with van der Waals surface area (Å²) in [5, 5.41) is 7.46. The van der Waals surface area contributed by atoms with Gasteiger partial charge >= 0.3 is 0 Å². The Morgan fingerprint density at radius 1 is 0.382 bits per heavy atom. The number of aryl methyl sites for hydroxylation is 1. The second-order valence-corrected chi connectivity index (χ2v) is 16.4. The van der Waals surface area contributed by atoms with Gasteiger partial charge in [-0.3, -0.25) is 0 Å². The molecule has 2 nitrogen and oxygen atoms in total. The number of nitrogens with zero attached hydrogens (tertiary/aromatic N) is 2. The van der Waals surface area contributed by atoms with Crippen molar-refractivity contribution >= 4 is 60.4 Å². The second kappa shape index (κ2) is 21.9. The Morgan fingerprint density at radius 3 is 1.44 bits per heavy atom. The molecule has 0 aliphatic heterocycles. The molecule has 11 rings (SSSR count). The van der Waals surface area contributed by atoms with E-state index in [2.05, 4.69) is 247 Å². The lowest BCUT2D eigenvalue weighted by Gasteiger charge is -2.27. The lowest BCUT2D eigenvalue weighted by molar-refractivity contribution is 1.18. The minimum Gasteiger partial charge on any atom is -0.310 e. The molecule has 0 fully saturated rings. The lowest BCUT2D eigenvalue weighted by Crippen LogP contribution is -2.11. The average Bonchev–Trinajstić information content (AvgIpc) is 3.74. The van der Waals surface area contributed by atoms with Crippen molar-refractivity contribution in [2.24, 2.45) is 0 Å². The maximum Gasteiger partial charge on any atom is 0.0542 e. The van der Waals surface area contributed by atoms with Gasteiger partial charge in [-0.05, 0) is 149 Å². The second-order valence-electron chi connectivity index (χ2n) is 16.4. The smallest absolute Gasteiger partial charge is 0.0542 e. The number of hydrogen-bond donors (Lipinski definition) is 0. The number of benzene rings is 10. The van der Waals surface area contributed by atoms with Crippen molar-refractivity contribution in [3.63, 3.8) is 0 Å². The van der Waals surface area contributed by atoms with E-state index in [9.17, 15) is 0 Å². The Balaban J connectivity index is 0.000000647. The van der Waals surface area contributed by atoms with Crippen molar-refractivity contribution < 1.29 is 0 Å². The number of allylic oxidation sites excluding steroid dienone is 3. The molecular weight excluding hydrogens is 821 g/mol. The molecule has 0 radical (unpaired) electrons. The van der Waals surface area contributed by atoms with Crippen LogP contribution in [0, 0.1) is 6.92 Å². The summed E-state index contributed by atoms with van der Waals surface area (Å²) in [4.78, 5) is 2.37. The Kier molecular flexibility index (Phi) is 14.9. The SMILES string of the molecule is C/C=C/C.C=CC.CC.Cc1ccccc1N(c1ccccc1)c1ccc2c(c1)c1ccccc1n2-c1ccc(-c2c3ccccc3c(-c3cccc(-c4ccccc4)c3)c3ccccc23)cc1. The van der Waals surface area contributed by atoms with E-state index >= 15 is 0 Å². The van der Waals surface area contributed by atoms with E-state index < -0.39 is 0 Å². The highest BCUT2D eigenvalue weighted by atomic mass is 15.1. The minimum atomic E-state index is 1.13. The largest absolute Gasteiger partial charge is 0.310 e. The van der Waals surface area contributed by atoms with Crippen molar-refractivity contribution in [3.8, 4) is 39.1 Å². The molecule has 0 bridgehead atoms. The van der Waals surface area contributed by atoms with Gasteiger partial charge in [0.15, 0.2) is 0 Å². The molecule has 0 aliphatic carbocycles. The van der Waals surface area contributed by atoms with Gasteiger partial charge in [0.1, 0.15) is 0 Å². The van der Waals surface area contributed by atoms with Crippen molar-refractivity contribution in [3.05, 3.63) is 255 Å². The van der Waals surface area contributed by atoms with Crippen LogP contribution < -0.4 is 4.90 Å². The number of hydrogen-bond acceptors (Lipinski definition) is 1. The molecular formula is C66H60N2. The molecule has 0 aliphatic rings. The number of para-hydroxylation sites is 3. The molecule has 334 valence electrons. The maximum absolute atomic E-state index is 3.36. The predicted molar refractivity (Wildman–Crippen MR) is 299 cm³/mol. The Labute approximate surface area is 403 Å². The molecule has 0 N–H and O–H groups in total. The summed E-state index contributed by atoms with van der Waals surface area (Å²) in [6.45, 7) is 15.4. The maximum atomic E-state index is 3.36. The van der Waals surface area contributed by atoms with Crippen LogP contribution in [0.25, 0.3) is 82.4 Å². The first-order chi connectivity index (χ1) is 33.5. The number of aromatic nitrogens is 1. The topological polar surface area (TPSA) is 8.17 Å². The van der Waals surface area contributed by atoms with E-state index in [-0.39, 0.29) is 0 Å². The predicted octanol–water partition coefficient (Wildman–Crippen LogP) is 19.7. The molecule has 1 aromatic heterocycles. The summed E-state index contributed by atoms with van der Waals surface area (Å²) in [7, 11) is 0. The van der Waals surface area contributed by atoms with E-state index in [0.29, 0.717) is 0 Å². The first kappa shape index (κ1) is 46.3. The third-order valence-electron chi connectivity index (χ3n) is 12.2. The van der Waals surface area contributed by atoms with Crippen molar-refractivity contribution in [1.29, 1.82) is 0 Å². The molecule has 0 spiro atoms. The highest BCUT2D eigenvalue weighted by molar-refractivity contribution is 6.21. The average molecular weight is 881 g/mol. The zero-order valence-corrected chi connectivity index (χ0v) is 40.2. The summed E-state index contributed by atoms with van der Waals surface area (Å²) < 4.78 is 2.41.